The minimum absolute atomic E-state index is 0.834. The molecule has 0 amide bonds. The zero-order valence-corrected chi connectivity index (χ0v) is 12.0. The second-order valence-electron chi connectivity index (χ2n) is 6.24. The molecular weight excluding hydrogens is 180 g/mol. The van der Waals surface area contributed by atoms with Gasteiger partial charge in [-0.25, -0.2) is 0 Å². The molecule has 0 heteroatoms. The highest BCUT2D eigenvalue weighted by atomic mass is 14.3. The molecule has 0 fully saturated rings. The van der Waals surface area contributed by atoms with Gasteiger partial charge >= 0.3 is 0 Å². The maximum absolute atomic E-state index is 2.43. The molecule has 0 aromatic rings. The highest BCUT2D eigenvalue weighted by Crippen LogP contribution is 2.30. The molecule has 0 saturated heterocycles. The van der Waals surface area contributed by atoms with Gasteiger partial charge in [-0.15, -0.1) is 0 Å². The Morgan fingerprint density at radius 2 is 1.33 bits per heavy atom. The maximum atomic E-state index is 2.43. The number of rotatable bonds is 7. The lowest BCUT2D eigenvalue weighted by molar-refractivity contribution is 0.217. The van der Waals surface area contributed by atoms with Crippen LogP contribution in [0.4, 0.5) is 0 Å². The van der Waals surface area contributed by atoms with Gasteiger partial charge in [0.25, 0.3) is 0 Å². The molecule has 0 radical (unpaired) electrons. The Labute approximate surface area is 97.8 Å². The molecule has 0 heterocycles. The third kappa shape index (κ3) is 6.22. The molecule has 0 spiro atoms. The van der Waals surface area contributed by atoms with Gasteiger partial charge in [-0.3, -0.25) is 0 Å². The van der Waals surface area contributed by atoms with Crippen molar-refractivity contribution in [3.63, 3.8) is 0 Å². The lowest BCUT2D eigenvalue weighted by atomic mass is 9.77. The average Bonchev–Trinajstić information content (AvgIpc) is 2.11. The van der Waals surface area contributed by atoms with E-state index in [4.69, 9.17) is 0 Å². The third-order valence-electron chi connectivity index (χ3n) is 3.90. The van der Waals surface area contributed by atoms with E-state index in [1.54, 1.807) is 0 Å². The van der Waals surface area contributed by atoms with E-state index in [1.807, 2.05) is 0 Å². The first-order valence-electron chi connectivity index (χ1n) is 6.88. The molecule has 0 aromatic heterocycles. The van der Waals surface area contributed by atoms with Crippen molar-refractivity contribution in [2.45, 2.75) is 67.7 Å². The van der Waals surface area contributed by atoms with Gasteiger partial charge in [0, 0.05) is 0 Å². The summed E-state index contributed by atoms with van der Waals surface area (Å²) in [6, 6.07) is 0. The predicted molar refractivity (Wildman–Crippen MR) is 71.0 cm³/mol. The molecule has 0 rings (SSSR count). The van der Waals surface area contributed by atoms with Crippen molar-refractivity contribution in [1.29, 1.82) is 0 Å². The Balaban J connectivity index is 4.08. The third-order valence-corrected chi connectivity index (χ3v) is 3.90. The van der Waals surface area contributed by atoms with E-state index in [9.17, 15) is 0 Å². The van der Waals surface area contributed by atoms with Gasteiger partial charge in [-0.05, 0) is 42.4 Å². The van der Waals surface area contributed by atoms with E-state index in [0.29, 0.717) is 0 Å². The fourth-order valence-corrected chi connectivity index (χ4v) is 2.72. The van der Waals surface area contributed by atoms with E-state index in [0.717, 1.165) is 29.6 Å². The molecule has 0 nitrogen and oxygen atoms in total. The summed E-state index contributed by atoms with van der Waals surface area (Å²) < 4.78 is 0. The summed E-state index contributed by atoms with van der Waals surface area (Å²) in [7, 11) is 0. The fraction of sp³-hybridized carbons (Fsp3) is 1.00. The van der Waals surface area contributed by atoms with Crippen LogP contribution >= 0.6 is 0 Å². The molecule has 0 aliphatic carbocycles. The predicted octanol–water partition coefficient (Wildman–Crippen LogP) is 5.38. The first-order chi connectivity index (χ1) is 6.88. The van der Waals surface area contributed by atoms with Crippen LogP contribution in [0.15, 0.2) is 0 Å². The van der Waals surface area contributed by atoms with E-state index in [2.05, 4.69) is 48.5 Å². The minimum atomic E-state index is 0.834. The van der Waals surface area contributed by atoms with Gasteiger partial charge < -0.3 is 0 Å². The minimum Gasteiger partial charge on any atom is -0.0651 e. The zero-order chi connectivity index (χ0) is 12.0. The summed E-state index contributed by atoms with van der Waals surface area (Å²) in [5.74, 6) is 4.40. The summed E-state index contributed by atoms with van der Waals surface area (Å²) >= 11 is 0. The first-order valence-corrected chi connectivity index (χ1v) is 6.88. The Morgan fingerprint density at radius 3 is 1.67 bits per heavy atom. The molecule has 0 N–H and O–H groups in total. The van der Waals surface area contributed by atoms with Crippen LogP contribution < -0.4 is 0 Å². The van der Waals surface area contributed by atoms with Crippen molar-refractivity contribution in [2.24, 2.45) is 29.6 Å². The molecule has 0 aliphatic heterocycles. The van der Waals surface area contributed by atoms with Crippen LogP contribution in [-0.2, 0) is 0 Å². The lowest BCUT2D eigenvalue weighted by Crippen LogP contribution is -2.19. The van der Waals surface area contributed by atoms with Crippen molar-refractivity contribution in [1.82, 2.24) is 0 Å². The van der Waals surface area contributed by atoms with Crippen LogP contribution in [0, 0.1) is 29.6 Å². The van der Waals surface area contributed by atoms with Gasteiger partial charge in [0.2, 0.25) is 0 Å². The summed E-state index contributed by atoms with van der Waals surface area (Å²) in [6.07, 6.45) is 4.16. The molecular formula is C15H32. The van der Waals surface area contributed by atoms with Crippen molar-refractivity contribution < 1.29 is 0 Å². The number of hydrogen-bond donors (Lipinski definition) is 0. The van der Waals surface area contributed by atoms with Crippen LogP contribution in [0.2, 0.25) is 0 Å². The Kier molecular flexibility index (Phi) is 7.30. The summed E-state index contributed by atoms with van der Waals surface area (Å²) in [6.45, 7) is 16.6. The Morgan fingerprint density at radius 1 is 0.800 bits per heavy atom. The van der Waals surface area contributed by atoms with Crippen LogP contribution in [-0.4, -0.2) is 0 Å². The number of hydrogen-bond acceptors (Lipinski definition) is 0. The molecule has 3 unspecified atom stereocenters. The van der Waals surface area contributed by atoms with Crippen LogP contribution in [0.1, 0.15) is 67.7 Å². The average molecular weight is 212 g/mol. The normalized spacial score (nSPS) is 18.2. The molecule has 3 atom stereocenters. The largest absolute Gasteiger partial charge is 0.0651 e. The molecule has 0 saturated carbocycles. The Hall–Kier alpha value is 0. The van der Waals surface area contributed by atoms with Crippen LogP contribution in [0.25, 0.3) is 0 Å². The summed E-state index contributed by atoms with van der Waals surface area (Å²) in [5, 5.41) is 0. The van der Waals surface area contributed by atoms with E-state index in [1.165, 1.54) is 19.3 Å². The SMILES string of the molecule is CCC(CC(C)CC(C)C)C(C)C(C)C. The van der Waals surface area contributed by atoms with Gasteiger partial charge in [-0.1, -0.05) is 54.9 Å². The first kappa shape index (κ1) is 15.0. The second-order valence-corrected chi connectivity index (χ2v) is 6.24. The molecule has 15 heavy (non-hydrogen) atoms. The van der Waals surface area contributed by atoms with E-state index in [-0.39, 0.29) is 0 Å². The highest BCUT2D eigenvalue weighted by molar-refractivity contribution is 4.71. The van der Waals surface area contributed by atoms with Crippen LogP contribution in [0.3, 0.4) is 0 Å². The molecule has 0 bridgehead atoms. The van der Waals surface area contributed by atoms with Gasteiger partial charge in [0.15, 0.2) is 0 Å². The van der Waals surface area contributed by atoms with Gasteiger partial charge in [-0.2, -0.15) is 0 Å². The van der Waals surface area contributed by atoms with Crippen molar-refractivity contribution in [3.8, 4) is 0 Å². The fourth-order valence-electron chi connectivity index (χ4n) is 2.72. The van der Waals surface area contributed by atoms with Crippen LogP contribution in [0.5, 0.6) is 0 Å². The highest BCUT2D eigenvalue weighted by Gasteiger charge is 2.20. The van der Waals surface area contributed by atoms with Gasteiger partial charge in [0.05, 0.1) is 0 Å². The molecule has 92 valence electrons. The quantitative estimate of drug-likeness (QED) is 0.531. The summed E-state index contributed by atoms with van der Waals surface area (Å²) in [4.78, 5) is 0. The monoisotopic (exact) mass is 212 g/mol. The second kappa shape index (κ2) is 7.30. The standard InChI is InChI=1S/C15H32/c1-8-15(14(7)12(4)5)10-13(6)9-11(2)3/h11-15H,8-10H2,1-7H3. The van der Waals surface area contributed by atoms with Crippen molar-refractivity contribution >= 4 is 0 Å². The van der Waals surface area contributed by atoms with Crippen molar-refractivity contribution in [3.05, 3.63) is 0 Å². The summed E-state index contributed by atoms with van der Waals surface area (Å²) in [5.41, 5.74) is 0. The smallest absolute Gasteiger partial charge is 0.0386 e. The zero-order valence-electron chi connectivity index (χ0n) is 12.0. The van der Waals surface area contributed by atoms with E-state index >= 15 is 0 Å². The molecule has 0 aliphatic rings. The molecule has 0 aromatic carbocycles. The van der Waals surface area contributed by atoms with E-state index < -0.39 is 0 Å². The topological polar surface area (TPSA) is 0 Å². The Bertz CT molecular complexity index is 146. The maximum Gasteiger partial charge on any atom is -0.0386 e. The lowest BCUT2D eigenvalue weighted by Gasteiger charge is -2.29. The van der Waals surface area contributed by atoms with Crippen molar-refractivity contribution in [2.75, 3.05) is 0 Å². The van der Waals surface area contributed by atoms with Gasteiger partial charge in [0.1, 0.15) is 0 Å².